The number of halogens is 1. The van der Waals surface area contributed by atoms with Crippen molar-refractivity contribution in [3.63, 3.8) is 0 Å². The molecule has 0 aliphatic heterocycles. The van der Waals surface area contributed by atoms with Gasteiger partial charge in [0.15, 0.2) is 6.04 Å². The van der Waals surface area contributed by atoms with Crippen molar-refractivity contribution in [2.24, 2.45) is 0 Å². The number of carboxylic acids is 1. The molecule has 2 unspecified atom stereocenters. The van der Waals surface area contributed by atoms with Crippen molar-refractivity contribution < 1.29 is 19.8 Å². The predicted octanol–water partition coefficient (Wildman–Crippen LogP) is 1.11. The Bertz CT molecular complexity index is 726. The zero-order chi connectivity index (χ0) is 16.4. The molecular formula is C14H16ClN3O4. The molecule has 0 fully saturated rings. The number of hydrogen-bond donors (Lipinski definition) is 3. The molecule has 7 nitrogen and oxygen atoms in total. The highest BCUT2D eigenvalue weighted by Crippen LogP contribution is 2.17. The number of aryl methyl sites for hydroxylation is 1. The average Bonchev–Trinajstić information content (AvgIpc) is 2.81. The Morgan fingerprint density at radius 1 is 1.50 bits per heavy atom. The fourth-order valence-corrected chi connectivity index (χ4v) is 2.31. The molecule has 118 valence electrons. The van der Waals surface area contributed by atoms with Gasteiger partial charge in [0.25, 0.3) is 5.91 Å². The number of nitrogens with one attached hydrogen (secondary N) is 1. The first-order valence-electron chi connectivity index (χ1n) is 6.73. The molecule has 1 amide bonds. The molecule has 3 N–H and O–H groups in total. The van der Waals surface area contributed by atoms with E-state index in [0.717, 1.165) is 0 Å². The summed E-state index contributed by atoms with van der Waals surface area (Å²) in [6, 6.07) is 1.83. The Balaban J connectivity index is 2.44. The Kier molecular flexibility index (Phi) is 4.68. The molecule has 0 saturated heterocycles. The molecule has 22 heavy (non-hydrogen) atoms. The van der Waals surface area contributed by atoms with Crippen molar-refractivity contribution in [3.8, 4) is 0 Å². The minimum atomic E-state index is -1.39. The van der Waals surface area contributed by atoms with Crippen molar-refractivity contribution in [2.75, 3.05) is 0 Å². The van der Waals surface area contributed by atoms with E-state index < -0.39 is 24.0 Å². The van der Waals surface area contributed by atoms with Crippen LogP contribution in [0.5, 0.6) is 0 Å². The van der Waals surface area contributed by atoms with E-state index in [9.17, 15) is 14.7 Å². The van der Waals surface area contributed by atoms with Crippen LogP contribution in [0.4, 0.5) is 0 Å². The smallest absolute Gasteiger partial charge is 0.328 e. The molecule has 0 aromatic carbocycles. The largest absolute Gasteiger partial charge is 0.480 e. The lowest BCUT2D eigenvalue weighted by Crippen LogP contribution is -2.48. The zero-order valence-electron chi connectivity index (χ0n) is 12.1. The van der Waals surface area contributed by atoms with Crippen LogP contribution in [-0.2, 0) is 11.2 Å². The summed E-state index contributed by atoms with van der Waals surface area (Å²) in [5.41, 5.74) is 1.26. The zero-order valence-corrected chi connectivity index (χ0v) is 12.8. The molecule has 0 radical (unpaired) electrons. The summed E-state index contributed by atoms with van der Waals surface area (Å²) in [4.78, 5) is 27.8. The van der Waals surface area contributed by atoms with E-state index in [1.165, 1.54) is 6.92 Å². The maximum absolute atomic E-state index is 12.4. The second-order valence-electron chi connectivity index (χ2n) is 4.86. The third-order valence-corrected chi connectivity index (χ3v) is 3.48. The molecule has 0 saturated carbocycles. The number of carboxylic acid groups (broad SMARTS) is 1. The molecule has 0 bridgehead atoms. The maximum Gasteiger partial charge on any atom is 0.328 e. The van der Waals surface area contributed by atoms with Crippen LogP contribution in [-0.4, -0.2) is 43.6 Å². The van der Waals surface area contributed by atoms with E-state index >= 15 is 0 Å². The summed E-state index contributed by atoms with van der Waals surface area (Å²) in [5.74, 6) is -1.92. The highest BCUT2D eigenvalue weighted by molar-refractivity contribution is 6.30. The van der Waals surface area contributed by atoms with Gasteiger partial charge in [-0.3, -0.25) is 9.20 Å². The van der Waals surface area contributed by atoms with Crippen molar-refractivity contribution in [1.82, 2.24) is 14.7 Å². The van der Waals surface area contributed by atoms with E-state index in [2.05, 4.69) is 10.3 Å². The number of rotatable bonds is 5. The first-order chi connectivity index (χ1) is 10.3. The van der Waals surface area contributed by atoms with E-state index in [4.69, 9.17) is 16.7 Å². The van der Waals surface area contributed by atoms with Gasteiger partial charge >= 0.3 is 5.97 Å². The minimum Gasteiger partial charge on any atom is -0.480 e. The Morgan fingerprint density at radius 2 is 2.18 bits per heavy atom. The Labute approximate surface area is 131 Å². The standard InChI is InChI=1S/C14H16ClN3O4/c1-3-9-12(13(20)17-11(7(2)19)14(21)22)18-5-4-8(15)6-10(18)16-9/h4-7,11,19H,3H2,1-2H3,(H,17,20)(H,21,22). The first-order valence-corrected chi connectivity index (χ1v) is 7.11. The number of pyridine rings is 1. The molecule has 0 aliphatic rings. The number of carbonyl (C=O) groups excluding carboxylic acids is 1. The molecular weight excluding hydrogens is 310 g/mol. The number of aliphatic hydroxyl groups excluding tert-OH is 1. The van der Waals surface area contributed by atoms with Gasteiger partial charge in [-0.25, -0.2) is 9.78 Å². The van der Waals surface area contributed by atoms with Crippen LogP contribution in [0.3, 0.4) is 0 Å². The monoisotopic (exact) mass is 325 g/mol. The quantitative estimate of drug-likeness (QED) is 0.764. The number of carbonyl (C=O) groups is 2. The number of fused-ring (bicyclic) bond motifs is 1. The molecule has 0 aliphatic carbocycles. The molecule has 0 spiro atoms. The van der Waals surface area contributed by atoms with Crippen LogP contribution in [0.15, 0.2) is 18.3 Å². The summed E-state index contributed by atoms with van der Waals surface area (Å²) >= 11 is 5.91. The van der Waals surface area contributed by atoms with Crippen molar-refractivity contribution >= 4 is 29.1 Å². The van der Waals surface area contributed by atoms with Crippen molar-refractivity contribution in [2.45, 2.75) is 32.4 Å². The summed E-state index contributed by atoms with van der Waals surface area (Å²) in [5, 5.41) is 21.3. The number of aliphatic hydroxyl groups is 1. The van der Waals surface area contributed by atoms with Gasteiger partial charge in [-0.1, -0.05) is 18.5 Å². The average molecular weight is 326 g/mol. The lowest BCUT2D eigenvalue weighted by molar-refractivity contribution is -0.141. The van der Waals surface area contributed by atoms with E-state index in [1.807, 2.05) is 6.92 Å². The summed E-state index contributed by atoms with van der Waals surface area (Å²) in [6.07, 6.45) is 0.867. The number of hydrogen-bond acceptors (Lipinski definition) is 4. The topological polar surface area (TPSA) is 104 Å². The van der Waals surface area contributed by atoms with E-state index in [0.29, 0.717) is 22.8 Å². The minimum absolute atomic E-state index is 0.237. The molecule has 2 atom stereocenters. The molecule has 2 aromatic heterocycles. The van der Waals surface area contributed by atoms with E-state index in [-0.39, 0.29) is 5.69 Å². The Morgan fingerprint density at radius 3 is 2.73 bits per heavy atom. The summed E-state index contributed by atoms with van der Waals surface area (Å²) in [7, 11) is 0. The second kappa shape index (κ2) is 6.33. The number of amides is 1. The first kappa shape index (κ1) is 16.3. The van der Waals surface area contributed by atoms with Gasteiger partial charge in [0, 0.05) is 17.3 Å². The summed E-state index contributed by atoms with van der Waals surface area (Å²) in [6.45, 7) is 3.14. The molecule has 2 heterocycles. The van der Waals surface area contributed by atoms with Gasteiger partial charge in [-0.2, -0.15) is 0 Å². The van der Waals surface area contributed by atoms with Crippen LogP contribution < -0.4 is 5.32 Å². The second-order valence-corrected chi connectivity index (χ2v) is 5.30. The predicted molar refractivity (Wildman–Crippen MR) is 80.2 cm³/mol. The van der Waals surface area contributed by atoms with E-state index in [1.54, 1.807) is 22.7 Å². The van der Waals surface area contributed by atoms with Crippen LogP contribution in [0, 0.1) is 0 Å². The lowest BCUT2D eigenvalue weighted by Gasteiger charge is -2.17. The number of nitrogens with zero attached hydrogens (tertiary/aromatic N) is 2. The van der Waals surface area contributed by atoms with Crippen LogP contribution in [0.25, 0.3) is 5.65 Å². The lowest BCUT2D eigenvalue weighted by atomic mass is 10.1. The van der Waals surface area contributed by atoms with Gasteiger partial charge < -0.3 is 15.5 Å². The van der Waals surface area contributed by atoms with Gasteiger partial charge in [-0.05, 0) is 19.4 Å². The van der Waals surface area contributed by atoms with Gasteiger partial charge in [0.1, 0.15) is 11.3 Å². The molecule has 8 heteroatoms. The van der Waals surface area contributed by atoms with Crippen LogP contribution >= 0.6 is 11.6 Å². The van der Waals surface area contributed by atoms with Gasteiger partial charge in [0.2, 0.25) is 0 Å². The number of imidazole rings is 1. The SMILES string of the molecule is CCc1nc2cc(Cl)ccn2c1C(=O)NC(C(=O)O)C(C)O. The Hall–Kier alpha value is -2.12. The van der Waals surface area contributed by atoms with Gasteiger partial charge in [-0.15, -0.1) is 0 Å². The molecule has 2 aromatic rings. The van der Waals surface area contributed by atoms with Crippen LogP contribution in [0.1, 0.15) is 30.0 Å². The third kappa shape index (κ3) is 3.05. The number of aromatic nitrogens is 2. The fourth-order valence-electron chi connectivity index (χ4n) is 2.15. The maximum atomic E-state index is 12.4. The highest BCUT2D eigenvalue weighted by atomic mass is 35.5. The fraction of sp³-hybridized carbons (Fsp3) is 0.357. The number of aliphatic carboxylic acids is 1. The third-order valence-electron chi connectivity index (χ3n) is 3.25. The van der Waals surface area contributed by atoms with Crippen molar-refractivity contribution in [3.05, 3.63) is 34.7 Å². The van der Waals surface area contributed by atoms with Crippen LogP contribution in [0.2, 0.25) is 5.02 Å². The normalized spacial score (nSPS) is 13.8. The van der Waals surface area contributed by atoms with Crippen molar-refractivity contribution in [1.29, 1.82) is 0 Å². The summed E-state index contributed by atoms with van der Waals surface area (Å²) < 4.78 is 1.54. The van der Waals surface area contributed by atoms with Gasteiger partial charge in [0.05, 0.1) is 11.8 Å². The highest BCUT2D eigenvalue weighted by Gasteiger charge is 2.28. The molecule has 2 rings (SSSR count).